The van der Waals surface area contributed by atoms with Crippen LogP contribution in [0.3, 0.4) is 0 Å². The molecule has 3 rings (SSSR count). The van der Waals surface area contributed by atoms with E-state index >= 15 is 0 Å². The number of nitrogens with one attached hydrogen (secondary N) is 2. The number of aliphatic hydroxyl groups excluding tert-OH is 1. The number of hydrogen-bond donors (Lipinski definition) is 3. The normalized spacial score (nSPS) is 25.5. The second-order valence-electron chi connectivity index (χ2n) is 7.77. The minimum atomic E-state index is -0.183. The number of hydrogen-bond acceptors (Lipinski definition) is 2. The molecule has 4 heteroatoms. The van der Waals surface area contributed by atoms with E-state index in [0.29, 0.717) is 12.5 Å². The number of carbonyl (C=O) groups is 1. The van der Waals surface area contributed by atoms with Gasteiger partial charge in [-0.2, -0.15) is 0 Å². The molecule has 2 fully saturated rings. The zero-order chi connectivity index (χ0) is 16.8. The highest BCUT2D eigenvalue weighted by Crippen LogP contribution is 2.43. The first kappa shape index (κ1) is 17.3. The molecule has 1 aromatic rings. The van der Waals surface area contributed by atoms with Gasteiger partial charge >= 0.3 is 6.03 Å². The lowest BCUT2D eigenvalue weighted by Crippen LogP contribution is -2.47. The Morgan fingerprint density at radius 2 is 1.92 bits per heavy atom. The molecule has 0 heterocycles. The van der Waals surface area contributed by atoms with Crippen molar-refractivity contribution in [2.45, 2.75) is 57.5 Å². The monoisotopic (exact) mass is 330 g/mol. The fourth-order valence-electron chi connectivity index (χ4n) is 4.14. The van der Waals surface area contributed by atoms with Crippen LogP contribution in [0.15, 0.2) is 30.3 Å². The molecule has 2 amide bonds. The predicted molar refractivity (Wildman–Crippen MR) is 95.8 cm³/mol. The Bertz CT molecular complexity index is 528. The summed E-state index contributed by atoms with van der Waals surface area (Å²) < 4.78 is 0. The van der Waals surface area contributed by atoms with E-state index < -0.39 is 0 Å². The molecule has 0 bridgehead atoms. The van der Waals surface area contributed by atoms with Gasteiger partial charge < -0.3 is 15.7 Å². The zero-order valence-corrected chi connectivity index (χ0v) is 14.5. The molecule has 0 aliphatic heterocycles. The molecular formula is C20H30N2O2. The molecule has 24 heavy (non-hydrogen) atoms. The molecule has 0 radical (unpaired) electrons. The van der Waals surface area contributed by atoms with Crippen LogP contribution >= 0.6 is 0 Å². The van der Waals surface area contributed by atoms with Crippen LogP contribution in [-0.4, -0.2) is 30.3 Å². The van der Waals surface area contributed by atoms with Crippen molar-refractivity contribution in [3.8, 4) is 0 Å². The van der Waals surface area contributed by atoms with Crippen molar-refractivity contribution in [3.63, 3.8) is 0 Å². The molecule has 3 N–H and O–H groups in total. The number of rotatable bonds is 6. The fraction of sp³-hybridized carbons (Fsp3) is 0.650. The molecule has 2 saturated carbocycles. The van der Waals surface area contributed by atoms with Gasteiger partial charge in [0.25, 0.3) is 0 Å². The second-order valence-corrected chi connectivity index (χ2v) is 7.77. The van der Waals surface area contributed by atoms with Gasteiger partial charge in [-0.05, 0) is 55.4 Å². The summed E-state index contributed by atoms with van der Waals surface area (Å²) in [6.07, 6.45) is 8.40. The molecule has 4 nitrogen and oxygen atoms in total. The molecule has 1 aromatic carbocycles. The Labute approximate surface area is 145 Å². The van der Waals surface area contributed by atoms with Gasteiger partial charge in [-0.15, -0.1) is 0 Å². The van der Waals surface area contributed by atoms with Gasteiger partial charge in [-0.25, -0.2) is 4.79 Å². The Morgan fingerprint density at radius 3 is 2.58 bits per heavy atom. The van der Waals surface area contributed by atoms with Gasteiger partial charge in [-0.3, -0.25) is 0 Å². The van der Waals surface area contributed by atoms with Gasteiger partial charge in [0.05, 0.1) is 6.10 Å². The molecule has 2 atom stereocenters. The van der Waals surface area contributed by atoms with Gasteiger partial charge in [0.2, 0.25) is 0 Å². The number of carbonyl (C=O) groups excluding carboxylic acids is 1. The van der Waals surface area contributed by atoms with E-state index in [1.54, 1.807) is 0 Å². The smallest absolute Gasteiger partial charge is 0.314 e. The minimum Gasteiger partial charge on any atom is -0.393 e. The Morgan fingerprint density at radius 1 is 1.12 bits per heavy atom. The van der Waals surface area contributed by atoms with E-state index in [2.05, 4.69) is 34.9 Å². The largest absolute Gasteiger partial charge is 0.393 e. The summed E-state index contributed by atoms with van der Waals surface area (Å²) in [5.41, 5.74) is 1.59. The Hall–Kier alpha value is -1.55. The van der Waals surface area contributed by atoms with E-state index in [4.69, 9.17) is 0 Å². The van der Waals surface area contributed by atoms with Crippen molar-refractivity contribution in [1.82, 2.24) is 10.6 Å². The summed E-state index contributed by atoms with van der Waals surface area (Å²) in [6.45, 7) is 1.43. The predicted octanol–water partition coefficient (Wildman–Crippen LogP) is 3.25. The first-order valence-electron chi connectivity index (χ1n) is 9.39. The molecule has 2 aliphatic rings. The summed E-state index contributed by atoms with van der Waals surface area (Å²) in [5, 5.41) is 15.8. The van der Waals surface area contributed by atoms with Crippen LogP contribution in [0.4, 0.5) is 4.79 Å². The quantitative estimate of drug-likeness (QED) is 0.750. The van der Waals surface area contributed by atoms with Crippen molar-refractivity contribution in [2.75, 3.05) is 13.1 Å². The number of amides is 2. The van der Waals surface area contributed by atoms with Crippen molar-refractivity contribution in [2.24, 2.45) is 11.3 Å². The minimum absolute atomic E-state index is 0.0607. The van der Waals surface area contributed by atoms with Gasteiger partial charge in [0.15, 0.2) is 0 Å². The van der Waals surface area contributed by atoms with Crippen LogP contribution in [0, 0.1) is 11.3 Å². The molecule has 2 unspecified atom stereocenters. The Kier molecular flexibility index (Phi) is 5.77. The number of benzene rings is 1. The topological polar surface area (TPSA) is 61.4 Å². The Balaban J connectivity index is 1.41. The van der Waals surface area contributed by atoms with E-state index in [-0.39, 0.29) is 17.6 Å². The van der Waals surface area contributed by atoms with Crippen LogP contribution in [0.2, 0.25) is 0 Å². The van der Waals surface area contributed by atoms with Crippen molar-refractivity contribution in [1.29, 1.82) is 0 Å². The lowest BCUT2D eigenvalue weighted by atomic mass is 9.65. The van der Waals surface area contributed by atoms with Crippen LogP contribution in [0.5, 0.6) is 0 Å². The fourth-order valence-corrected chi connectivity index (χ4v) is 4.14. The van der Waals surface area contributed by atoms with Gasteiger partial charge in [-0.1, -0.05) is 43.2 Å². The average molecular weight is 330 g/mol. The highest BCUT2D eigenvalue weighted by Gasteiger charge is 2.37. The summed E-state index contributed by atoms with van der Waals surface area (Å²) in [6, 6.07) is 10.5. The number of aliphatic hydroxyl groups is 1. The van der Waals surface area contributed by atoms with Gasteiger partial charge in [0, 0.05) is 13.1 Å². The highest BCUT2D eigenvalue weighted by atomic mass is 16.3. The molecule has 0 saturated heterocycles. The van der Waals surface area contributed by atoms with Crippen LogP contribution in [0.1, 0.15) is 50.5 Å². The van der Waals surface area contributed by atoms with Gasteiger partial charge in [0.1, 0.15) is 0 Å². The number of urea groups is 1. The van der Waals surface area contributed by atoms with Crippen molar-refractivity contribution < 1.29 is 9.90 Å². The molecule has 2 aliphatic carbocycles. The van der Waals surface area contributed by atoms with Crippen LogP contribution in [-0.2, 0) is 6.42 Å². The van der Waals surface area contributed by atoms with Crippen LogP contribution < -0.4 is 10.6 Å². The maximum atomic E-state index is 12.1. The lowest BCUT2D eigenvalue weighted by Gasteiger charge is -2.42. The summed E-state index contributed by atoms with van der Waals surface area (Å²) >= 11 is 0. The maximum absolute atomic E-state index is 12.1. The van der Waals surface area contributed by atoms with E-state index in [0.717, 1.165) is 38.6 Å². The average Bonchev–Trinajstić information content (AvgIpc) is 2.56. The lowest BCUT2D eigenvalue weighted by molar-refractivity contribution is 0.101. The third kappa shape index (κ3) is 4.73. The van der Waals surface area contributed by atoms with Crippen molar-refractivity contribution >= 4 is 6.03 Å². The standard InChI is InChI=1S/C20H30N2O2/c23-18-9-4-8-17(12-18)14-21-19(24)22-15-20(10-5-11-20)13-16-6-2-1-3-7-16/h1-3,6-7,17-18,23H,4-5,8-15H2,(H2,21,22,24). The molecule has 132 valence electrons. The first-order chi connectivity index (χ1) is 11.7. The van der Waals surface area contributed by atoms with Crippen molar-refractivity contribution in [3.05, 3.63) is 35.9 Å². The highest BCUT2D eigenvalue weighted by molar-refractivity contribution is 5.73. The summed E-state index contributed by atoms with van der Waals surface area (Å²) in [4.78, 5) is 12.1. The maximum Gasteiger partial charge on any atom is 0.314 e. The van der Waals surface area contributed by atoms with E-state index in [9.17, 15) is 9.90 Å². The molecular weight excluding hydrogens is 300 g/mol. The zero-order valence-electron chi connectivity index (χ0n) is 14.5. The first-order valence-corrected chi connectivity index (χ1v) is 9.39. The third-order valence-electron chi connectivity index (χ3n) is 5.77. The SMILES string of the molecule is O=C(NCC1CCCC(O)C1)NCC1(Cc2ccccc2)CCC1. The third-order valence-corrected chi connectivity index (χ3v) is 5.77. The summed E-state index contributed by atoms with van der Waals surface area (Å²) in [5.74, 6) is 0.418. The molecule has 0 spiro atoms. The van der Waals surface area contributed by atoms with Crippen LogP contribution in [0.25, 0.3) is 0 Å². The van der Waals surface area contributed by atoms with E-state index in [1.807, 2.05) is 6.07 Å². The van der Waals surface area contributed by atoms with E-state index in [1.165, 1.54) is 24.8 Å². The molecule has 0 aromatic heterocycles. The summed E-state index contributed by atoms with van der Waals surface area (Å²) in [7, 11) is 0. The second kappa shape index (κ2) is 8.02.